The molecule has 1 fully saturated rings. The van der Waals surface area contributed by atoms with Crippen molar-refractivity contribution in [3.05, 3.63) is 53.7 Å². The lowest BCUT2D eigenvalue weighted by atomic mass is 9.93. The molecule has 3 rings (SSSR count). The first-order valence-electron chi connectivity index (χ1n) is 8.03. The second-order valence-corrected chi connectivity index (χ2v) is 6.00. The van der Waals surface area contributed by atoms with Crippen LogP contribution in [0.5, 0.6) is 0 Å². The van der Waals surface area contributed by atoms with Gasteiger partial charge in [0.15, 0.2) is 5.82 Å². The molecule has 0 amide bonds. The van der Waals surface area contributed by atoms with E-state index in [9.17, 15) is 0 Å². The topological polar surface area (TPSA) is 42.2 Å². The van der Waals surface area contributed by atoms with Gasteiger partial charge in [0.2, 0.25) is 5.89 Å². The predicted octanol–water partition coefficient (Wildman–Crippen LogP) is 3.35. The summed E-state index contributed by atoms with van der Waals surface area (Å²) in [5.74, 6) is 2.20. The maximum Gasteiger partial charge on any atom is 0.226 e. The van der Waals surface area contributed by atoms with E-state index in [1.807, 2.05) is 13.0 Å². The molecule has 0 N–H and O–H groups in total. The highest BCUT2D eigenvalue weighted by atomic mass is 16.5. The summed E-state index contributed by atoms with van der Waals surface area (Å²) in [5, 5.41) is 3.86. The van der Waals surface area contributed by atoms with Gasteiger partial charge in [-0.15, -0.1) is 0 Å². The van der Waals surface area contributed by atoms with E-state index in [4.69, 9.17) is 4.52 Å². The minimum atomic E-state index is 0.675. The molecule has 0 radical (unpaired) electrons. The summed E-state index contributed by atoms with van der Waals surface area (Å²) in [7, 11) is 0. The van der Waals surface area contributed by atoms with Crippen LogP contribution in [0.4, 0.5) is 0 Å². The molecule has 0 bridgehead atoms. The third-order valence-corrected chi connectivity index (χ3v) is 4.21. The van der Waals surface area contributed by atoms with Crippen LogP contribution >= 0.6 is 0 Å². The lowest BCUT2D eigenvalue weighted by Gasteiger charge is -2.30. The number of aryl methyl sites for hydroxylation is 1. The van der Waals surface area contributed by atoms with Gasteiger partial charge >= 0.3 is 0 Å². The second kappa shape index (κ2) is 7.36. The first-order valence-corrected chi connectivity index (χ1v) is 8.03. The van der Waals surface area contributed by atoms with Crippen LogP contribution in [0.1, 0.15) is 30.1 Å². The number of benzene rings is 1. The number of nitrogens with zero attached hydrogens (tertiary/aromatic N) is 3. The van der Waals surface area contributed by atoms with Crippen molar-refractivity contribution < 1.29 is 4.52 Å². The van der Waals surface area contributed by atoms with Gasteiger partial charge in [-0.05, 0) is 44.3 Å². The summed E-state index contributed by atoms with van der Waals surface area (Å²) in [6, 6.07) is 10.5. The molecule has 2 aromatic rings. The Morgan fingerprint density at radius 3 is 2.68 bits per heavy atom. The molecule has 116 valence electrons. The van der Waals surface area contributed by atoms with Crippen LogP contribution in [0.15, 0.2) is 40.9 Å². The third kappa shape index (κ3) is 4.28. The highest BCUT2D eigenvalue weighted by Gasteiger charge is 2.20. The second-order valence-electron chi connectivity index (χ2n) is 6.00. The molecule has 0 spiro atoms. The van der Waals surface area contributed by atoms with Gasteiger partial charge in [0, 0.05) is 13.0 Å². The van der Waals surface area contributed by atoms with Gasteiger partial charge in [-0.2, -0.15) is 4.98 Å². The van der Waals surface area contributed by atoms with E-state index in [1.54, 1.807) is 0 Å². The molecule has 1 aromatic carbocycles. The van der Waals surface area contributed by atoms with Crippen LogP contribution in [0.25, 0.3) is 6.08 Å². The molecule has 4 nitrogen and oxygen atoms in total. The van der Waals surface area contributed by atoms with Crippen LogP contribution < -0.4 is 0 Å². The monoisotopic (exact) mass is 297 g/mol. The normalized spacial score (nSPS) is 17.3. The van der Waals surface area contributed by atoms with Gasteiger partial charge in [0.05, 0.1) is 0 Å². The SMILES string of the molecule is Cc1noc(CC2CCN(CC=Cc3ccccc3)CC2)n1. The Bertz CT molecular complexity index is 598. The van der Waals surface area contributed by atoms with Gasteiger partial charge in [0.1, 0.15) is 0 Å². The van der Waals surface area contributed by atoms with Gasteiger partial charge in [-0.3, -0.25) is 4.90 Å². The minimum absolute atomic E-state index is 0.675. The highest BCUT2D eigenvalue weighted by molar-refractivity contribution is 5.48. The first-order chi connectivity index (χ1) is 10.8. The highest BCUT2D eigenvalue weighted by Crippen LogP contribution is 2.21. The molecular weight excluding hydrogens is 274 g/mol. The summed E-state index contributed by atoms with van der Waals surface area (Å²) < 4.78 is 5.22. The summed E-state index contributed by atoms with van der Waals surface area (Å²) in [6.07, 6.45) is 7.81. The van der Waals surface area contributed by atoms with Gasteiger partial charge in [-0.25, -0.2) is 0 Å². The number of piperidine rings is 1. The van der Waals surface area contributed by atoms with Crippen LogP contribution in [0.2, 0.25) is 0 Å². The largest absolute Gasteiger partial charge is 0.339 e. The Labute approximate surface area is 131 Å². The molecule has 2 heterocycles. The lowest BCUT2D eigenvalue weighted by Crippen LogP contribution is -2.34. The first kappa shape index (κ1) is 15.0. The zero-order valence-corrected chi connectivity index (χ0v) is 13.1. The van der Waals surface area contributed by atoms with E-state index in [0.717, 1.165) is 37.8 Å². The Hall–Kier alpha value is -1.94. The van der Waals surface area contributed by atoms with Crippen molar-refractivity contribution in [2.75, 3.05) is 19.6 Å². The van der Waals surface area contributed by atoms with Gasteiger partial charge in [0.25, 0.3) is 0 Å². The molecule has 1 aromatic heterocycles. The number of aromatic nitrogens is 2. The molecule has 1 saturated heterocycles. The molecule has 1 aliphatic rings. The van der Waals surface area contributed by atoms with Gasteiger partial charge in [-0.1, -0.05) is 47.6 Å². The van der Waals surface area contributed by atoms with Crippen LogP contribution in [-0.4, -0.2) is 34.7 Å². The lowest BCUT2D eigenvalue weighted by molar-refractivity contribution is 0.192. The van der Waals surface area contributed by atoms with E-state index in [1.165, 1.54) is 18.4 Å². The number of hydrogen-bond acceptors (Lipinski definition) is 4. The summed E-state index contributed by atoms with van der Waals surface area (Å²) in [4.78, 5) is 6.81. The Balaban J connectivity index is 1.41. The zero-order valence-electron chi connectivity index (χ0n) is 13.1. The van der Waals surface area contributed by atoms with Crippen molar-refractivity contribution >= 4 is 6.08 Å². The predicted molar refractivity (Wildman–Crippen MR) is 87.4 cm³/mol. The van der Waals surface area contributed by atoms with Crippen LogP contribution in [-0.2, 0) is 6.42 Å². The van der Waals surface area contributed by atoms with Crippen molar-refractivity contribution in [2.24, 2.45) is 5.92 Å². The minimum Gasteiger partial charge on any atom is -0.339 e. The maximum absolute atomic E-state index is 5.22. The molecule has 0 unspecified atom stereocenters. The quantitative estimate of drug-likeness (QED) is 0.849. The summed E-state index contributed by atoms with van der Waals surface area (Å²) in [5.41, 5.74) is 1.27. The summed E-state index contributed by atoms with van der Waals surface area (Å²) >= 11 is 0. The van der Waals surface area contributed by atoms with Crippen molar-refractivity contribution in [3.8, 4) is 0 Å². The fraction of sp³-hybridized carbons (Fsp3) is 0.444. The molecule has 1 aliphatic heterocycles. The Kier molecular flexibility index (Phi) is 5.01. The fourth-order valence-electron chi connectivity index (χ4n) is 2.95. The van der Waals surface area contributed by atoms with Crippen molar-refractivity contribution in [2.45, 2.75) is 26.2 Å². The smallest absolute Gasteiger partial charge is 0.226 e. The Morgan fingerprint density at radius 1 is 1.23 bits per heavy atom. The van der Waals surface area contributed by atoms with E-state index in [-0.39, 0.29) is 0 Å². The molecule has 4 heteroatoms. The summed E-state index contributed by atoms with van der Waals surface area (Å²) in [6.45, 7) is 5.20. The van der Waals surface area contributed by atoms with E-state index < -0.39 is 0 Å². The maximum atomic E-state index is 5.22. The van der Waals surface area contributed by atoms with E-state index in [0.29, 0.717) is 5.92 Å². The fourth-order valence-corrected chi connectivity index (χ4v) is 2.95. The number of rotatable bonds is 5. The van der Waals surface area contributed by atoms with E-state index in [2.05, 4.69) is 51.5 Å². The van der Waals surface area contributed by atoms with Crippen LogP contribution in [0, 0.1) is 12.8 Å². The number of likely N-dealkylation sites (tertiary alicyclic amines) is 1. The average Bonchev–Trinajstić information content (AvgIpc) is 2.95. The van der Waals surface area contributed by atoms with Crippen molar-refractivity contribution in [1.29, 1.82) is 0 Å². The average molecular weight is 297 g/mol. The van der Waals surface area contributed by atoms with E-state index >= 15 is 0 Å². The third-order valence-electron chi connectivity index (χ3n) is 4.21. The number of hydrogen-bond donors (Lipinski definition) is 0. The molecular formula is C18H23N3O. The molecule has 22 heavy (non-hydrogen) atoms. The van der Waals surface area contributed by atoms with Gasteiger partial charge < -0.3 is 4.52 Å². The van der Waals surface area contributed by atoms with Crippen molar-refractivity contribution in [1.82, 2.24) is 15.0 Å². The standard InChI is InChI=1S/C18H23N3O/c1-15-19-18(22-20-15)14-17-9-12-21(13-10-17)11-5-8-16-6-3-2-4-7-16/h2-8,17H,9-14H2,1H3. The van der Waals surface area contributed by atoms with Crippen molar-refractivity contribution in [3.63, 3.8) is 0 Å². The zero-order chi connectivity index (χ0) is 15.2. The Morgan fingerprint density at radius 2 is 2.00 bits per heavy atom. The van der Waals surface area contributed by atoms with Crippen LogP contribution in [0.3, 0.4) is 0 Å². The molecule has 0 saturated carbocycles. The molecule has 0 atom stereocenters. The molecule has 0 aliphatic carbocycles.